The smallest absolute Gasteiger partial charge is 0.265 e. The van der Waals surface area contributed by atoms with Gasteiger partial charge in [-0.25, -0.2) is 8.78 Å². The van der Waals surface area contributed by atoms with Gasteiger partial charge in [-0.1, -0.05) is 0 Å². The van der Waals surface area contributed by atoms with E-state index in [4.69, 9.17) is 0 Å². The van der Waals surface area contributed by atoms with Crippen LogP contribution in [0.3, 0.4) is 0 Å². The fourth-order valence-corrected chi connectivity index (χ4v) is 2.43. The third-order valence-corrected chi connectivity index (χ3v) is 3.66. The highest BCUT2D eigenvalue weighted by Crippen LogP contribution is 2.22. The SMILES string of the molecule is Cc1cc(C(=O)Nc2cc(F)cc(F)c2)sc1C. The number of carbonyl (C=O) groups is 1. The Morgan fingerprint density at radius 2 is 1.72 bits per heavy atom. The molecule has 0 saturated carbocycles. The molecule has 0 saturated heterocycles. The molecule has 0 fully saturated rings. The molecule has 0 radical (unpaired) electrons. The molecule has 1 heterocycles. The Labute approximate surface area is 107 Å². The van der Waals surface area contributed by atoms with Gasteiger partial charge in [0.15, 0.2) is 0 Å². The number of thiophene rings is 1. The molecule has 0 atom stereocenters. The Bertz CT molecular complexity index is 567. The molecule has 1 aromatic heterocycles. The summed E-state index contributed by atoms with van der Waals surface area (Å²) in [6.45, 7) is 3.82. The van der Waals surface area contributed by atoms with E-state index in [0.29, 0.717) is 4.88 Å². The Balaban J connectivity index is 2.21. The maximum absolute atomic E-state index is 13.0. The van der Waals surface area contributed by atoms with Gasteiger partial charge in [0, 0.05) is 16.6 Å². The van der Waals surface area contributed by atoms with Gasteiger partial charge in [-0.15, -0.1) is 11.3 Å². The maximum atomic E-state index is 13.0. The summed E-state index contributed by atoms with van der Waals surface area (Å²) in [5, 5.41) is 2.47. The Hall–Kier alpha value is -1.75. The molecule has 0 bridgehead atoms. The summed E-state index contributed by atoms with van der Waals surface area (Å²) in [7, 11) is 0. The number of anilines is 1. The highest BCUT2D eigenvalue weighted by Gasteiger charge is 2.11. The summed E-state index contributed by atoms with van der Waals surface area (Å²) in [6, 6.07) is 4.67. The van der Waals surface area contributed by atoms with Gasteiger partial charge < -0.3 is 5.32 Å². The van der Waals surface area contributed by atoms with Crippen LogP contribution >= 0.6 is 11.3 Å². The predicted molar refractivity (Wildman–Crippen MR) is 68.1 cm³/mol. The van der Waals surface area contributed by atoms with Crippen LogP contribution in [-0.2, 0) is 0 Å². The molecule has 1 aromatic carbocycles. The van der Waals surface area contributed by atoms with Gasteiger partial charge >= 0.3 is 0 Å². The second-order valence-corrected chi connectivity index (χ2v) is 5.22. The van der Waals surface area contributed by atoms with Crippen molar-refractivity contribution in [2.45, 2.75) is 13.8 Å². The number of benzene rings is 1. The Kier molecular flexibility index (Phi) is 3.43. The number of carbonyl (C=O) groups excluding carboxylic acids is 1. The van der Waals surface area contributed by atoms with Crippen molar-refractivity contribution in [1.29, 1.82) is 0 Å². The van der Waals surface area contributed by atoms with Crippen LogP contribution < -0.4 is 5.32 Å². The largest absolute Gasteiger partial charge is 0.321 e. The van der Waals surface area contributed by atoms with Crippen LogP contribution in [-0.4, -0.2) is 5.91 Å². The van der Waals surface area contributed by atoms with Crippen LogP contribution in [0.2, 0.25) is 0 Å². The molecule has 0 aliphatic heterocycles. The molecule has 2 aromatic rings. The number of nitrogens with one attached hydrogen (secondary N) is 1. The monoisotopic (exact) mass is 267 g/mol. The van der Waals surface area contributed by atoms with E-state index in [1.165, 1.54) is 11.3 Å². The van der Waals surface area contributed by atoms with Crippen molar-refractivity contribution >= 4 is 22.9 Å². The van der Waals surface area contributed by atoms with Gasteiger partial charge in [0.2, 0.25) is 0 Å². The van der Waals surface area contributed by atoms with Gasteiger partial charge in [-0.05, 0) is 37.6 Å². The van der Waals surface area contributed by atoms with E-state index in [-0.39, 0.29) is 11.6 Å². The topological polar surface area (TPSA) is 29.1 Å². The second-order valence-electron chi connectivity index (χ2n) is 3.96. The third kappa shape index (κ3) is 2.73. The van der Waals surface area contributed by atoms with E-state index in [2.05, 4.69) is 5.32 Å². The average molecular weight is 267 g/mol. The van der Waals surface area contributed by atoms with Gasteiger partial charge in [0.25, 0.3) is 5.91 Å². The maximum Gasteiger partial charge on any atom is 0.265 e. The van der Waals surface area contributed by atoms with E-state index in [9.17, 15) is 13.6 Å². The average Bonchev–Trinajstić information content (AvgIpc) is 2.57. The summed E-state index contributed by atoms with van der Waals surface area (Å²) in [6.07, 6.45) is 0. The molecule has 1 N–H and O–H groups in total. The van der Waals surface area contributed by atoms with Crippen LogP contribution in [0.15, 0.2) is 24.3 Å². The Morgan fingerprint density at radius 3 is 2.22 bits per heavy atom. The molecular formula is C13H11F2NOS. The van der Waals surface area contributed by atoms with Crippen LogP contribution in [0.4, 0.5) is 14.5 Å². The summed E-state index contributed by atoms with van der Waals surface area (Å²) in [5.74, 6) is -1.80. The number of hydrogen-bond donors (Lipinski definition) is 1. The van der Waals surface area contributed by atoms with Crippen molar-refractivity contribution in [2.75, 3.05) is 5.32 Å². The zero-order valence-corrected chi connectivity index (χ0v) is 10.7. The minimum Gasteiger partial charge on any atom is -0.321 e. The number of rotatable bonds is 2. The lowest BCUT2D eigenvalue weighted by Gasteiger charge is -2.03. The highest BCUT2D eigenvalue weighted by atomic mass is 32.1. The normalized spacial score (nSPS) is 10.4. The lowest BCUT2D eigenvalue weighted by molar-refractivity contribution is 0.103. The number of aryl methyl sites for hydroxylation is 2. The first-order chi connectivity index (χ1) is 8.45. The molecule has 18 heavy (non-hydrogen) atoms. The molecular weight excluding hydrogens is 256 g/mol. The summed E-state index contributed by atoms with van der Waals surface area (Å²) >= 11 is 1.35. The van der Waals surface area contributed by atoms with Crippen molar-refractivity contribution in [1.82, 2.24) is 0 Å². The van der Waals surface area contributed by atoms with Gasteiger partial charge in [-0.2, -0.15) is 0 Å². The lowest BCUT2D eigenvalue weighted by Crippen LogP contribution is -2.10. The molecule has 0 aliphatic rings. The van der Waals surface area contributed by atoms with Gasteiger partial charge in [0.1, 0.15) is 11.6 Å². The fraction of sp³-hybridized carbons (Fsp3) is 0.154. The molecule has 1 amide bonds. The van der Waals surface area contributed by atoms with Crippen LogP contribution in [0.1, 0.15) is 20.1 Å². The van der Waals surface area contributed by atoms with Gasteiger partial charge in [0.05, 0.1) is 4.88 Å². The van der Waals surface area contributed by atoms with Crippen molar-refractivity contribution in [3.05, 3.63) is 51.2 Å². The number of amides is 1. The number of hydrogen-bond acceptors (Lipinski definition) is 2. The lowest BCUT2D eigenvalue weighted by atomic mass is 10.2. The summed E-state index contributed by atoms with van der Waals surface area (Å²) in [4.78, 5) is 13.4. The molecule has 2 nitrogen and oxygen atoms in total. The molecule has 0 unspecified atom stereocenters. The first-order valence-corrected chi connectivity index (χ1v) is 6.12. The molecule has 0 aliphatic carbocycles. The standard InChI is InChI=1S/C13H11F2NOS/c1-7-3-12(18-8(7)2)13(17)16-11-5-9(14)4-10(15)6-11/h3-6H,1-2H3,(H,16,17). The number of halogens is 2. The van der Waals surface area contributed by atoms with Crippen LogP contribution in [0.25, 0.3) is 0 Å². The molecule has 0 spiro atoms. The first kappa shape index (κ1) is 12.7. The van der Waals surface area contributed by atoms with Crippen molar-refractivity contribution < 1.29 is 13.6 Å². The van der Waals surface area contributed by atoms with E-state index in [1.807, 2.05) is 13.8 Å². The minimum absolute atomic E-state index is 0.112. The second kappa shape index (κ2) is 4.86. The summed E-state index contributed by atoms with van der Waals surface area (Å²) < 4.78 is 25.9. The van der Waals surface area contributed by atoms with Crippen molar-refractivity contribution in [3.63, 3.8) is 0 Å². The van der Waals surface area contributed by atoms with Crippen LogP contribution in [0.5, 0.6) is 0 Å². The van der Waals surface area contributed by atoms with Gasteiger partial charge in [-0.3, -0.25) is 4.79 Å². The van der Waals surface area contributed by atoms with E-state index >= 15 is 0 Å². The van der Waals surface area contributed by atoms with Crippen molar-refractivity contribution in [2.24, 2.45) is 0 Å². The first-order valence-electron chi connectivity index (χ1n) is 5.30. The zero-order chi connectivity index (χ0) is 13.3. The Morgan fingerprint density at radius 1 is 1.11 bits per heavy atom. The summed E-state index contributed by atoms with van der Waals surface area (Å²) in [5.41, 5.74) is 1.14. The molecule has 2 rings (SSSR count). The molecule has 5 heteroatoms. The third-order valence-electron chi connectivity index (χ3n) is 2.51. The quantitative estimate of drug-likeness (QED) is 0.878. The fourth-order valence-electron chi connectivity index (χ4n) is 1.50. The predicted octanol–water partition coefficient (Wildman–Crippen LogP) is 3.90. The minimum atomic E-state index is -0.719. The van der Waals surface area contributed by atoms with E-state index in [1.54, 1.807) is 6.07 Å². The van der Waals surface area contributed by atoms with Crippen LogP contribution in [0, 0.1) is 25.5 Å². The van der Waals surface area contributed by atoms with E-state index in [0.717, 1.165) is 28.6 Å². The van der Waals surface area contributed by atoms with Crippen molar-refractivity contribution in [3.8, 4) is 0 Å². The highest BCUT2D eigenvalue weighted by molar-refractivity contribution is 7.14. The molecule has 94 valence electrons. The zero-order valence-electron chi connectivity index (χ0n) is 9.88. The van der Waals surface area contributed by atoms with E-state index < -0.39 is 11.6 Å².